The van der Waals surface area contributed by atoms with Crippen molar-refractivity contribution in [2.24, 2.45) is 0 Å². The minimum Gasteiger partial charge on any atom is -0.508 e. The Hall–Kier alpha value is -0.630. The van der Waals surface area contributed by atoms with Gasteiger partial charge in [-0.3, -0.25) is 0 Å². The first-order valence-electron chi connectivity index (χ1n) is 8.10. The summed E-state index contributed by atoms with van der Waals surface area (Å²) in [4.78, 5) is 0. The molecule has 0 aromatic heterocycles. The average molecular weight is 295 g/mol. The second kappa shape index (κ2) is 11.1. The van der Waals surface area contributed by atoms with E-state index in [1.165, 1.54) is 55.6 Å². The standard InChI is InChI=1S/C18H30OS/c1-3-4-5-6-7-8-13-20-14-9-10-17-15-16(2)11-12-18(17)19/h11-12,15,19H,3-10,13-14H2,1-2H3. The van der Waals surface area contributed by atoms with Gasteiger partial charge in [0, 0.05) is 0 Å². The van der Waals surface area contributed by atoms with E-state index >= 15 is 0 Å². The van der Waals surface area contributed by atoms with Gasteiger partial charge in [0.05, 0.1) is 0 Å². The molecule has 0 unspecified atom stereocenters. The lowest BCUT2D eigenvalue weighted by atomic mass is 10.1. The Morgan fingerprint density at radius 1 is 0.950 bits per heavy atom. The number of hydrogen-bond acceptors (Lipinski definition) is 2. The average Bonchev–Trinajstić information content (AvgIpc) is 2.44. The molecule has 0 atom stereocenters. The van der Waals surface area contributed by atoms with Crippen LogP contribution in [0.4, 0.5) is 0 Å². The predicted molar refractivity (Wildman–Crippen MR) is 91.9 cm³/mol. The van der Waals surface area contributed by atoms with Gasteiger partial charge in [0.1, 0.15) is 5.75 Å². The molecule has 0 saturated carbocycles. The molecule has 0 fully saturated rings. The molecule has 0 bridgehead atoms. The zero-order valence-electron chi connectivity index (χ0n) is 13.2. The third-order valence-electron chi connectivity index (χ3n) is 3.61. The lowest BCUT2D eigenvalue weighted by molar-refractivity contribution is 0.467. The van der Waals surface area contributed by atoms with Crippen molar-refractivity contribution in [3.8, 4) is 5.75 Å². The third kappa shape index (κ3) is 7.84. The summed E-state index contributed by atoms with van der Waals surface area (Å²) >= 11 is 2.06. The van der Waals surface area contributed by atoms with E-state index in [4.69, 9.17) is 0 Å². The summed E-state index contributed by atoms with van der Waals surface area (Å²) in [6.45, 7) is 4.35. The van der Waals surface area contributed by atoms with E-state index in [9.17, 15) is 5.11 Å². The maximum atomic E-state index is 9.77. The Labute approximate surface area is 129 Å². The fraction of sp³-hybridized carbons (Fsp3) is 0.667. The van der Waals surface area contributed by atoms with Gasteiger partial charge in [-0.1, -0.05) is 56.7 Å². The Bertz CT molecular complexity index is 362. The van der Waals surface area contributed by atoms with Crippen LogP contribution in [0.25, 0.3) is 0 Å². The summed E-state index contributed by atoms with van der Waals surface area (Å²) in [5.41, 5.74) is 2.34. The maximum Gasteiger partial charge on any atom is 0.118 e. The van der Waals surface area contributed by atoms with Gasteiger partial charge in [-0.05, 0) is 49.3 Å². The Morgan fingerprint density at radius 3 is 2.45 bits per heavy atom. The fourth-order valence-electron chi connectivity index (χ4n) is 2.37. The van der Waals surface area contributed by atoms with Crippen LogP contribution in [0.15, 0.2) is 18.2 Å². The van der Waals surface area contributed by atoms with Gasteiger partial charge in [0.15, 0.2) is 0 Å². The van der Waals surface area contributed by atoms with Gasteiger partial charge in [0.2, 0.25) is 0 Å². The summed E-state index contributed by atoms with van der Waals surface area (Å²) in [5.74, 6) is 2.96. The zero-order chi connectivity index (χ0) is 14.6. The number of aryl methyl sites for hydroxylation is 2. The molecule has 1 N–H and O–H groups in total. The normalized spacial score (nSPS) is 10.9. The van der Waals surface area contributed by atoms with Gasteiger partial charge in [0.25, 0.3) is 0 Å². The number of aromatic hydroxyl groups is 1. The SMILES string of the molecule is CCCCCCCCSCCCc1cc(C)ccc1O. The van der Waals surface area contributed by atoms with Gasteiger partial charge in [-0.25, -0.2) is 0 Å². The van der Waals surface area contributed by atoms with Crippen LogP contribution in [-0.4, -0.2) is 16.6 Å². The molecule has 2 heteroatoms. The molecule has 0 amide bonds. The van der Waals surface area contributed by atoms with E-state index in [2.05, 4.69) is 31.7 Å². The monoisotopic (exact) mass is 294 g/mol. The molecule has 0 aliphatic carbocycles. The highest BCUT2D eigenvalue weighted by Gasteiger charge is 2.01. The summed E-state index contributed by atoms with van der Waals surface area (Å²) in [6.07, 6.45) is 10.5. The molecule has 0 aliphatic rings. The van der Waals surface area contributed by atoms with Crippen molar-refractivity contribution in [3.63, 3.8) is 0 Å². The number of thioether (sulfide) groups is 1. The quantitative estimate of drug-likeness (QED) is 0.526. The molecule has 1 nitrogen and oxygen atoms in total. The molecule has 114 valence electrons. The van der Waals surface area contributed by atoms with Crippen molar-refractivity contribution in [3.05, 3.63) is 29.3 Å². The van der Waals surface area contributed by atoms with Crippen molar-refractivity contribution in [2.45, 2.75) is 65.2 Å². The Kier molecular flexibility index (Phi) is 9.65. The number of phenolic OH excluding ortho intramolecular Hbond substituents is 1. The van der Waals surface area contributed by atoms with Crippen molar-refractivity contribution in [2.75, 3.05) is 11.5 Å². The molecular formula is C18H30OS. The number of unbranched alkanes of at least 4 members (excludes halogenated alkanes) is 5. The molecule has 0 saturated heterocycles. The van der Waals surface area contributed by atoms with Crippen LogP contribution in [0.2, 0.25) is 0 Å². The highest BCUT2D eigenvalue weighted by molar-refractivity contribution is 7.99. The molecule has 0 radical (unpaired) electrons. The first-order chi connectivity index (χ1) is 9.74. The van der Waals surface area contributed by atoms with Crippen LogP contribution in [0.5, 0.6) is 5.75 Å². The van der Waals surface area contributed by atoms with Gasteiger partial charge in [-0.2, -0.15) is 11.8 Å². The van der Waals surface area contributed by atoms with Gasteiger partial charge < -0.3 is 5.11 Å². The predicted octanol–water partition coefficient (Wildman–Crippen LogP) is 5.73. The van der Waals surface area contributed by atoms with E-state index in [-0.39, 0.29) is 0 Å². The molecular weight excluding hydrogens is 264 g/mol. The Balaban J connectivity index is 1.98. The number of phenols is 1. The fourth-order valence-corrected chi connectivity index (χ4v) is 3.33. The molecule has 20 heavy (non-hydrogen) atoms. The molecule has 1 aromatic carbocycles. The van der Waals surface area contributed by atoms with Crippen LogP contribution in [-0.2, 0) is 6.42 Å². The highest BCUT2D eigenvalue weighted by Crippen LogP contribution is 2.20. The zero-order valence-corrected chi connectivity index (χ0v) is 14.0. The molecule has 1 aromatic rings. The smallest absolute Gasteiger partial charge is 0.118 e. The van der Waals surface area contributed by atoms with Crippen molar-refractivity contribution in [1.82, 2.24) is 0 Å². The first kappa shape index (κ1) is 17.4. The van der Waals surface area contributed by atoms with Gasteiger partial charge >= 0.3 is 0 Å². The van der Waals surface area contributed by atoms with Crippen LogP contribution in [0.1, 0.15) is 63.0 Å². The summed E-state index contributed by atoms with van der Waals surface area (Å²) < 4.78 is 0. The number of rotatable bonds is 11. The van der Waals surface area contributed by atoms with Crippen molar-refractivity contribution in [1.29, 1.82) is 0 Å². The van der Waals surface area contributed by atoms with E-state index in [1.54, 1.807) is 0 Å². The van der Waals surface area contributed by atoms with Crippen molar-refractivity contribution >= 4 is 11.8 Å². The van der Waals surface area contributed by atoms with Gasteiger partial charge in [-0.15, -0.1) is 0 Å². The summed E-state index contributed by atoms with van der Waals surface area (Å²) in [5, 5.41) is 9.77. The molecule has 0 spiro atoms. The van der Waals surface area contributed by atoms with E-state index < -0.39 is 0 Å². The molecule has 1 rings (SSSR count). The van der Waals surface area contributed by atoms with E-state index in [0.29, 0.717) is 5.75 Å². The van der Waals surface area contributed by atoms with Crippen LogP contribution >= 0.6 is 11.8 Å². The largest absolute Gasteiger partial charge is 0.508 e. The first-order valence-corrected chi connectivity index (χ1v) is 9.25. The van der Waals surface area contributed by atoms with E-state index in [0.717, 1.165) is 18.4 Å². The topological polar surface area (TPSA) is 20.2 Å². The molecule has 0 heterocycles. The van der Waals surface area contributed by atoms with Crippen LogP contribution in [0.3, 0.4) is 0 Å². The lowest BCUT2D eigenvalue weighted by Crippen LogP contribution is -1.91. The number of benzene rings is 1. The lowest BCUT2D eigenvalue weighted by Gasteiger charge is -2.06. The van der Waals surface area contributed by atoms with Crippen LogP contribution in [0, 0.1) is 6.92 Å². The number of hydrogen-bond donors (Lipinski definition) is 1. The van der Waals surface area contributed by atoms with Crippen LogP contribution < -0.4 is 0 Å². The minimum absolute atomic E-state index is 0.455. The van der Waals surface area contributed by atoms with E-state index in [1.807, 2.05) is 12.1 Å². The maximum absolute atomic E-state index is 9.77. The third-order valence-corrected chi connectivity index (χ3v) is 4.77. The minimum atomic E-state index is 0.455. The summed E-state index contributed by atoms with van der Waals surface area (Å²) in [6, 6.07) is 5.88. The molecule has 0 aliphatic heterocycles. The summed E-state index contributed by atoms with van der Waals surface area (Å²) in [7, 11) is 0. The second-order valence-electron chi connectivity index (χ2n) is 5.62. The second-order valence-corrected chi connectivity index (χ2v) is 6.84. The van der Waals surface area contributed by atoms with Crippen molar-refractivity contribution < 1.29 is 5.11 Å². The Morgan fingerprint density at radius 2 is 1.65 bits per heavy atom. The highest BCUT2D eigenvalue weighted by atomic mass is 32.2.